The van der Waals surface area contributed by atoms with Gasteiger partial charge in [-0.15, -0.1) is 11.3 Å². The average Bonchev–Trinajstić information content (AvgIpc) is 3.12. The van der Waals surface area contributed by atoms with Gasteiger partial charge in [0.2, 0.25) is 0 Å². The van der Waals surface area contributed by atoms with Crippen molar-refractivity contribution in [1.82, 2.24) is 15.3 Å². The lowest BCUT2D eigenvalue weighted by atomic mass is 10.0. The van der Waals surface area contributed by atoms with Crippen molar-refractivity contribution in [3.05, 3.63) is 47.7 Å². The molecule has 3 aromatic rings. The number of ether oxygens (including phenoxy) is 1. The molecule has 1 saturated heterocycles. The smallest absolute Gasteiger partial charge is 0.179 e. The molecule has 1 atom stereocenters. The Balaban J connectivity index is 1.44. The zero-order chi connectivity index (χ0) is 17.8. The van der Waals surface area contributed by atoms with Crippen molar-refractivity contribution in [3.8, 4) is 5.75 Å². The van der Waals surface area contributed by atoms with Gasteiger partial charge in [0.05, 0.1) is 13.3 Å². The maximum absolute atomic E-state index is 5.47. The summed E-state index contributed by atoms with van der Waals surface area (Å²) < 4.78 is 6.86. The lowest BCUT2D eigenvalue weighted by molar-refractivity contribution is 0.397. The van der Waals surface area contributed by atoms with Crippen LogP contribution in [0.1, 0.15) is 18.4 Å². The van der Waals surface area contributed by atoms with Crippen molar-refractivity contribution in [2.24, 2.45) is 0 Å². The maximum atomic E-state index is 5.47. The van der Waals surface area contributed by atoms with Crippen LogP contribution in [0.2, 0.25) is 0 Å². The van der Waals surface area contributed by atoms with Crippen molar-refractivity contribution >= 4 is 27.2 Å². The van der Waals surface area contributed by atoms with Gasteiger partial charge in [-0.05, 0) is 41.7 Å². The van der Waals surface area contributed by atoms with Crippen LogP contribution in [0.3, 0.4) is 0 Å². The zero-order valence-electron chi connectivity index (χ0n) is 15.0. The SMILES string of the molecule is COc1cncnc1N1CCNCC1CCCc1csc2ccccc12. The van der Waals surface area contributed by atoms with E-state index in [1.165, 1.54) is 15.6 Å². The number of rotatable bonds is 6. The summed E-state index contributed by atoms with van der Waals surface area (Å²) in [5, 5.41) is 7.25. The number of piperazine rings is 1. The number of methoxy groups -OCH3 is 1. The zero-order valence-corrected chi connectivity index (χ0v) is 15.8. The van der Waals surface area contributed by atoms with Gasteiger partial charge in [0.25, 0.3) is 0 Å². The molecular formula is C20H24N4OS. The highest BCUT2D eigenvalue weighted by atomic mass is 32.1. The lowest BCUT2D eigenvalue weighted by Gasteiger charge is -2.37. The molecule has 6 heteroatoms. The molecule has 0 saturated carbocycles. The molecule has 4 rings (SSSR count). The van der Waals surface area contributed by atoms with Crippen LogP contribution in [-0.4, -0.2) is 42.8 Å². The van der Waals surface area contributed by atoms with Crippen molar-refractivity contribution in [1.29, 1.82) is 0 Å². The predicted octanol–water partition coefficient (Wildman–Crippen LogP) is 3.50. The van der Waals surface area contributed by atoms with E-state index in [2.05, 4.69) is 49.8 Å². The third-order valence-electron chi connectivity index (χ3n) is 5.05. The van der Waals surface area contributed by atoms with E-state index < -0.39 is 0 Å². The van der Waals surface area contributed by atoms with Gasteiger partial charge in [-0.1, -0.05) is 18.2 Å². The molecule has 0 radical (unpaired) electrons. The van der Waals surface area contributed by atoms with Crippen molar-refractivity contribution in [2.45, 2.75) is 25.3 Å². The summed E-state index contributed by atoms with van der Waals surface area (Å²) in [5.41, 5.74) is 1.47. The van der Waals surface area contributed by atoms with E-state index in [-0.39, 0.29) is 0 Å². The number of hydrogen-bond donors (Lipinski definition) is 1. The molecule has 1 aliphatic heterocycles. The van der Waals surface area contributed by atoms with Gasteiger partial charge < -0.3 is 15.0 Å². The highest BCUT2D eigenvalue weighted by Crippen LogP contribution is 2.29. The number of benzene rings is 1. The summed E-state index contributed by atoms with van der Waals surface area (Å²) in [7, 11) is 1.68. The second-order valence-corrected chi connectivity index (χ2v) is 7.53. The van der Waals surface area contributed by atoms with Gasteiger partial charge in [-0.2, -0.15) is 0 Å². The fourth-order valence-electron chi connectivity index (χ4n) is 3.72. The second-order valence-electron chi connectivity index (χ2n) is 6.62. The predicted molar refractivity (Wildman–Crippen MR) is 107 cm³/mol. The maximum Gasteiger partial charge on any atom is 0.179 e. The molecule has 5 nitrogen and oxygen atoms in total. The number of hydrogen-bond acceptors (Lipinski definition) is 6. The Morgan fingerprint density at radius 1 is 1.35 bits per heavy atom. The number of aromatic nitrogens is 2. The normalized spacial score (nSPS) is 17.6. The fraction of sp³-hybridized carbons (Fsp3) is 0.400. The number of aryl methyl sites for hydroxylation is 1. The molecule has 0 spiro atoms. The third kappa shape index (κ3) is 3.52. The Bertz CT molecular complexity index is 866. The fourth-order valence-corrected chi connectivity index (χ4v) is 4.72. The first-order valence-corrected chi connectivity index (χ1v) is 10.0. The first-order chi connectivity index (χ1) is 12.9. The molecule has 1 fully saturated rings. The van der Waals surface area contributed by atoms with Crippen molar-refractivity contribution in [3.63, 3.8) is 0 Å². The lowest BCUT2D eigenvalue weighted by Crippen LogP contribution is -2.51. The Morgan fingerprint density at radius 3 is 3.19 bits per heavy atom. The van der Waals surface area contributed by atoms with Crippen LogP contribution < -0.4 is 15.0 Å². The van der Waals surface area contributed by atoms with Gasteiger partial charge in [0.1, 0.15) is 6.33 Å². The highest BCUT2D eigenvalue weighted by Gasteiger charge is 2.25. The van der Waals surface area contributed by atoms with Crippen molar-refractivity contribution < 1.29 is 4.74 Å². The number of nitrogens with one attached hydrogen (secondary N) is 1. The topological polar surface area (TPSA) is 50.3 Å². The minimum absolute atomic E-state index is 0.428. The molecule has 2 aromatic heterocycles. The van der Waals surface area contributed by atoms with E-state index in [1.54, 1.807) is 19.6 Å². The number of anilines is 1. The quantitative estimate of drug-likeness (QED) is 0.722. The monoisotopic (exact) mass is 368 g/mol. The van der Waals surface area contributed by atoms with Crippen LogP contribution in [0, 0.1) is 0 Å². The minimum atomic E-state index is 0.428. The Kier molecular flexibility index (Phi) is 5.32. The highest BCUT2D eigenvalue weighted by molar-refractivity contribution is 7.17. The van der Waals surface area contributed by atoms with Crippen LogP contribution in [0.5, 0.6) is 5.75 Å². The molecule has 0 amide bonds. The summed E-state index contributed by atoms with van der Waals surface area (Å²) in [6, 6.07) is 9.12. The van der Waals surface area contributed by atoms with E-state index in [1.807, 2.05) is 11.3 Å². The number of nitrogens with zero attached hydrogens (tertiary/aromatic N) is 3. The number of fused-ring (bicyclic) bond motifs is 1. The van der Waals surface area contributed by atoms with E-state index in [9.17, 15) is 0 Å². The van der Waals surface area contributed by atoms with Gasteiger partial charge in [-0.25, -0.2) is 9.97 Å². The molecule has 1 aromatic carbocycles. The second kappa shape index (κ2) is 8.01. The third-order valence-corrected chi connectivity index (χ3v) is 6.06. The van der Waals surface area contributed by atoms with Crippen LogP contribution in [-0.2, 0) is 6.42 Å². The molecule has 1 unspecified atom stereocenters. The van der Waals surface area contributed by atoms with E-state index in [4.69, 9.17) is 4.74 Å². The van der Waals surface area contributed by atoms with Gasteiger partial charge in [0, 0.05) is 30.4 Å². The first-order valence-electron chi connectivity index (χ1n) is 9.13. The molecule has 1 aliphatic rings. The summed E-state index contributed by atoms with van der Waals surface area (Å²) in [6.45, 7) is 2.90. The van der Waals surface area contributed by atoms with Gasteiger partial charge >= 0.3 is 0 Å². The van der Waals surface area contributed by atoms with Crippen LogP contribution in [0.15, 0.2) is 42.2 Å². The van der Waals surface area contributed by atoms with Crippen LogP contribution >= 0.6 is 11.3 Å². The minimum Gasteiger partial charge on any atom is -0.491 e. The first kappa shape index (κ1) is 17.2. The molecule has 1 N–H and O–H groups in total. The molecule has 3 heterocycles. The van der Waals surface area contributed by atoms with Crippen LogP contribution in [0.25, 0.3) is 10.1 Å². The molecule has 26 heavy (non-hydrogen) atoms. The van der Waals surface area contributed by atoms with Crippen molar-refractivity contribution in [2.75, 3.05) is 31.6 Å². The molecular weight excluding hydrogens is 344 g/mol. The summed E-state index contributed by atoms with van der Waals surface area (Å²) in [6.07, 6.45) is 6.77. The standard InChI is InChI=1S/C20H24N4OS/c1-25-18-12-22-14-23-20(18)24-10-9-21-11-16(24)6-4-5-15-13-26-19-8-3-2-7-17(15)19/h2-3,7-8,12-14,16,21H,4-6,9-11H2,1H3. The molecule has 136 valence electrons. The largest absolute Gasteiger partial charge is 0.491 e. The van der Waals surface area contributed by atoms with E-state index in [0.717, 1.165) is 50.5 Å². The Morgan fingerprint density at radius 2 is 2.27 bits per heavy atom. The Hall–Kier alpha value is -2.18. The summed E-state index contributed by atoms with van der Waals surface area (Å²) >= 11 is 1.85. The van der Waals surface area contributed by atoms with Gasteiger partial charge in [0.15, 0.2) is 11.6 Å². The van der Waals surface area contributed by atoms with Crippen LogP contribution in [0.4, 0.5) is 5.82 Å². The van der Waals surface area contributed by atoms with E-state index >= 15 is 0 Å². The summed E-state index contributed by atoms with van der Waals surface area (Å²) in [4.78, 5) is 10.9. The Labute approximate surface area is 158 Å². The molecule has 0 bridgehead atoms. The molecule has 0 aliphatic carbocycles. The van der Waals surface area contributed by atoms with Gasteiger partial charge in [-0.3, -0.25) is 0 Å². The number of thiophene rings is 1. The summed E-state index contributed by atoms with van der Waals surface area (Å²) in [5.74, 6) is 1.67. The average molecular weight is 369 g/mol. The van der Waals surface area contributed by atoms with E-state index in [0.29, 0.717) is 6.04 Å².